The van der Waals surface area contributed by atoms with E-state index in [2.05, 4.69) is 10.1 Å². The van der Waals surface area contributed by atoms with E-state index in [1.165, 1.54) is 0 Å². The van der Waals surface area contributed by atoms with Crippen LogP contribution in [0.3, 0.4) is 0 Å². The first kappa shape index (κ1) is 14.8. The molecule has 0 N–H and O–H groups in total. The van der Waals surface area contributed by atoms with Crippen LogP contribution in [0.4, 0.5) is 0 Å². The molecule has 0 radical (unpaired) electrons. The Morgan fingerprint density at radius 1 is 1.14 bits per heavy atom. The lowest BCUT2D eigenvalue weighted by Gasteiger charge is -2.10. The molecule has 0 spiro atoms. The summed E-state index contributed by atoms with van der Waals surface area (Å²) in [7, 11) is 1.62. The third-order valence-corrected chi connectivity index (χ3v) is 3.84. The minimum absolute atomic E-state index is 0.386. The first-order valence-corrected chi connectivity index (χ1v) is 7.24. The number of ether oxygens (including phenoxy) is 1. The van der Waals surface area contributed by atoms with Crippen LogP contribution in [0, 0.1) is 6.92 Å². The van der Waals surface area contributed by atoms with Gasteiger partial charge in [0.05, 0.1) is 0 Å². The minimum Gasteiger partial charge on any atom is -0.367 e. The molecule has 0 fully saturated rings. The van der Waals surface area contributed by atoms with Crippen LogP contribution in [0.1, 0.15) is 23.1 Å². The van der Waals surface area contributed by atoms with Gasteiger partial charge in [-0.2, -0.15) is 4.98 Å². The highest BCUT2D eigenvalue weighted by molar-refractivity contribution is 6.31. The molecule has 0 saturated carbocycles. The molecule has 5 heteroatoms. The van der Waals surface area contributed by atoms with Crippen LogP contribution >= 0.6 is 11.6 Å². The van der Waals surface area contributed by atoms with Crippen LogP contribution in [-0.4, -0.2) is 17.3 Å². The molecule has 0 amide bonds. The second-order valence-corrected chi connectivity index (χ2v) is 5.35. The number of methoxy groups -OCH3 is 1. The summed E-state index contributed by atoms with van der Waals surface area (Å²) in [5, 5.41) is 4.70. The van der Waals surface area contributed by atoms with Gasteiger partial charge < -0.3 is 9.26 Å². The molecule has 112 valence electrons. The lowest BCUT2D eigenvalue weighted by atomic mass is 10.1. The fraction of sp³-hybridized carbons (Fsp3) is 0.176. The average molecular weight is 315 g/mol. The van der Waals surface area contributed by atoms with Crippen LogP contribution in [0.15, 0.2) is 53.1 Å². The molecular formula is C17H15ClN2O2. The van der Waals surface area contributed by atoms with Gasteiger partial charge in [-0.1, -0.05) is 59.2 Å². The number of aryl methyl sites for hydroxylation is 1. The van der Waals surface area contributed by atoms with Crippen molar-refractivity contribution in [2.75, 3.05) is 7.11 Å². The van der Waals surface area contributed by atoms with E-state index in [9.17, 15) is 0 Å². The van der Waals surface area contributed by atoms with Crippen molar-refractivity contribution in [1.29, 1.82) is 0 Å². The van der Waals surface area contributed by atoms with E-state index in [4.69, 9.17) is 20.9 Å². The van der Waals surface area contributed by atoms with Gasteiger partial charge in [0.15, 0.2) is 6.10 Å². The monoisotopic (exact) mass is 314 g/mol. The van der Waals surface area contributed by atoms with E-state index in [-0.39, 0.29) is 6.10 Å². The number of rotatable bonds is 4. The van der Waals surface area contributed by atoms with Gasteiger partial charge in [-0.05, 0) is 24.1 Å². The highest BCUT2D eigenvalue weighted by atomic mass is 35.5. The molecule has 0 bridgehead atoms. The molecular weight excluding hydrogens is 300 g/mol. The van der Waals surface area contributed by atoms with Gasteiger partial charge in [-0.25, -0.2) is 0 Å². The van der Waals surface area contributed by atoms with Gasteiger partial charge in [0.2, 0.25) is 5.82 Å². The predicted molar refractivity (Wildman–Crippen MR) is 84.8 cm³/mol. The lowest BCUT2D eigenvalue weighted by Crippen LogP contribution is -2.03. The highest BCUT2D eigenvalue weighted by Crippen LogP contribution is 2.27. The standard InChI is InChI=1S/C17H15ClN2O2/c1-11-8-9-13(10-14(11)18)16-19-17(22-20-16)15(21-2)12-6-4-3-5-7-12/h3-10,15H,1-2H3/t15-/m1/s1. The SMILES string of the molecule is CO[C@H](c1ccccc1)c1nc(-c2ccc(C)c(Cl)c2)no1. The molecule has 22 heavy (non-hydrogen) atoms. The summed E-state index contributed by atoms with van der Waals surface area (Å²) >= 11 is 6.15. The smallest absolute Gasteiger partial charge is 0.260 e. The van der Waals surface area contributed by atoms with Gasteiger partial charge in [0, 0.05) is 17.7 Å². The van der Waals surface area contributed by atoms with Crippen LogP contribution in [-0.2, 0) is 4.74 Å². The van der Waals surface area contributed by atoms with Crippen molar-refractivity contribution in [2.24, 2.45) is 0 Å². The largest absolute Gasteiger partial charge is 0.367 e. The summed E-state index contributed by atoms with van der Waals surface area (Å²) in [5.41, 5.74) is 2.78. The molecule has 3 rings (SSSR count). The number of hydrogen-bond acceptors (Lipinski definition) is 4. The van der Waals surface area contributed by atoms with Crippen molar-refractivity contribution >= 4 is 11.6 Å². The Labute approximate surface area is 133 Å². The minimum atomic E-state index is -0.386. The lowest BCUT2D eigenvalue weighted by molar-refractivity contribution is 0.105. The third-order valence-electron chi connectivity index (χ3n) is 3.43. The maximum absolute atomic E-state index is 6.15. The topological polar surface area (TPSA) is 48.2 Å². The van der Waals surface area contributed by atoms with Crippen molar-refractivity contribution in [3.63, 3.8) is 0 Å². The fourth-order valence-corrected chi connectivity index (χ4v) is 2.38. The zero-order valence-electron chi connectivity index (χ0n) is 12.3. The molecule has 1 aromatic heterocycles. The second kappa shape index (κ2) is 6.30. The second-order valence-electron chi connectivity index (χ2n) is 4.95. The zero-order chi connectivity index (χ0) is 15.5. The van der Waals surface area contributed by atoms with Gasteiger partial charge in [0.1, 0.15) is 0 Å². The highest BCUT2D eigenvalue weighted by Gasteiger charge is 2.21. The molecule has 2 aromatic carbocycles. The summed E-state index contributed by atoms with van der Waals surface area (Å²) in [4.78, 5) is 4.44. The molecule has 1 atom stereocenters. The molecule has 0 aliphatic carbocycles. The van der Waals surface area contributed by atoms with Crippen molar-refractivity contribution in [3.05, 3.63) is 70.6 Å². The van der Waals surface area contributed by atoms with Crippen molar-refractivity contribution in [2.45, 2.75) is 13.0 Å². The van der Waals surface area contributed by atoms with Gasteiger partial charge >= 0.3 is 0 Å². The average Bonchev–Trinajstić information content (AvgIpc) is 3.01. The number of hydrogen-bond donors (Lipinski definition) is 0. The third kappa shape index (κ3) is 2.89. The Kier molecular flexibility index (Phi) is 4.22. The van der Waals surface area contributed by atoms with Crippen molar-refractivity contribution in [3.8, 4) is 11.4 Å². The Bertz CT molecular complexity index is 771. The number of nitrogens with zero attached hydrogens (tertiary/aromatic N) is 2. The Morgan fingerprint density at radius 3 is 2.59 bits per heavy atom. The first-order valence-electron chi connectivity index (χ1n) is 6.87. The van der Waals surface area contributed by atoms with Crippen molar-refractivity contribution in [1.82, 2.24) is 10.1 Å². The molecule has 3 aromatic rings. The van der Waals surface area contributed by atoms with E-state index >= 15 is 0 Å². The van der Waals surface area contributed by atoms with E-state index in [0.717, 1.165) is 16.7 Å². The molecule has 0 aliphatic heterocycles. The molecule has 4 nitrogen and oxygen atoms in total. The maximum atomic E-state index is 6.15. The van der Waals surface area contributed by atoms with E-state index in [1.807, 2.05) is 55.5 Å². The molecule has 1 heterocycles. The molecule has 0 unspecified atom stereocenters. The van der Waals surface area contributed by atoms with Crippen LogP contribution in [0.5, 0.6) is 0 Å². The number of benzene rings is 2. The quantitative estimate of drug-likeness (QED) is 0.714. The summed E-state index contributed by atoms with van der Waals surface area (Å²) in [5.74, 6) is 0.912. The van der Waals surface area contributed by atoms with Gasteiger partial charge in [-0.15, -0.1) is 0 Å². The summed E-state index contributed by atoms with van der Waals surface area (Å²) in [6, 6.07) is 15.4. The molecule has 0 saturated heterocycles. The fourth-order valence-electron chi connectivity index (χ4n) is 2.20. The van der Waals surface area contributed by atoms with Crippen LogP contribution in [0.2, 0.25) is 5.02 Å². The Hall–Kier alpha value is -2.17. The summed E-state index contributed by atoms with van der Waals surface area (Å²) in [6.07, 6.45) is -0.386. The van der Waals surface area contributed by atoms with Crippen molar-refractivity contribution < 1.29 is 9.26 Å². The number of halogens is 1. The summed E-state index contributed by atoms with van der Waals surface area (Å²) in [6.45, 7) is 1.95. The zero-order valence-corrected chi connectivity index (χ0v) is 13.0. The van der Waals surface area contributed by atoms with Crippen LogP contribution in [0.25, 0.3) is 11.4 Å². The van der Waals surface area contributed by atoms with E-state index in [0.29, 0.717) is 16.7 Å². The van der Waals surface area contributed by atoms with Crippen LogP contribution < -0.4 is 0 Å². The van der Waals surface area contributed by atoms with E-state index in [1.54, 1.807) is 7.11 Å². The number of aromatic nitrogens is 2. The normalized spacial score (nSPS) is 12.3. The van der Waals surface area contributed by atoms with Gasteiger partial charge in [-0.3, -0.25) is 0 Å². The maximum Gasteiger partial charge on any atom is 0.260 e. The summed E-state index contributed by atoms with van der Waals surface area (Å²) < 4.78 is 10.9. The molecule has 0 aliphatic rings. The Balaban J connectivity index is 1.94. The predicted octanol–water partition coefficient (Wildman–Crippen LogP) is 4.43. The van der Waals surface area contributed by atoms with Gasteiger partial charge in [0.25, 0.3) is 5.89 Å². The van der Waals surface area contributed by atoms with E-state index < -0.39 is 0 Å². The Morgan fingerprint density at radius 2 is 1.91 bits per heavy atom. The first-order chi connectivity index (χ1) is 10.7.